The molecule has 0 radical (unpaired) electrons. The zero-order valence-electron chi connectivity index (χ0n) is 71.2. The van der Waals surface area contributed by atoms with Crippen LogP contribution in [0.5, 0.6) is 17.2 Å². The number of thioether (sulfide) groups is 1. The van der Waals surface area contributed by atoms with E-state index in [1.165, 1.54) is 44.9 Å². The molecule has 0 aliphatic heterocycles. The molecule has 0 fully saturated rings. The molecule has 0 saturated heterocycles. The predicted octanol–water partition coefficient (Wildman–Crippen LogP) is 15.7. The van der Waals surface area contributed by atoms with Gasteiger partial charge in [-0.05, 0) is 202 Å². The van der Waals surface area contributed by atoms with Crippen LogP contribution in [-0.2, 0) is 70.0 Å². The van der Waals surface area contributed by atoms with E-state index >= 15 is 0 Å². The summed E-state index contributed by atoms with van der Waals surface area (Å²) in [6.45, 7) is 7.11. The molecule has 12 aromatic rings. The fraction of sp³-hybridized carbons (Fsp3) is 0.290. The lowest BCUT2D eigenvalue weighted by Crippen LogP contribution is -2.38. The van der Waals surface area contributed by atoms with Crippen molar-refractivity contribution in [1.82, 2.24) is 54.0 Å². The van der Waals surface area contributed by atoms with Crippen LogP contribution in [0.25, 0.3) is 49.8 Å². The second-order valence-electron chi connectivity index (χ2n) is 30.0. The van der Waals surface area contributed by atoms with Crippen molar-refractivity contribution in [2.75, 3.05) is 86.5 Å². The smallest absolute Gasteiger partial charge is 0.419 e. The van der Waals surface area contributed by atoms with E-state index in [0.29, 0.717) is 163 Å². The Labute approximate surface area is 751 Å². The summed E-state index contributed by atoms with van der Waals surface area (Å²) in [4.78, 5) is 116. The summed E-state index contributed by atoms with van der Waals surface area (Å²) in [5.74, 6) is -0.785. The van der Waals surface area contributed by atoms with Gasteiger partial charge in [0.25, 0.3) is 16.7 Å². The summed E-state index contributed by atoms with van der Waals surface area (Å²) in [6, 6.07) is 51.9. The van der Waals surface area contributed by atoms with Gasteiger partial charge in [0.1, 0.15) is 52.0 Å². The lowest BCUT2D eigenvalue weighted by molar-refractivity contribution is -0.140. The maximum atomic E-state index is 14.3. The number of methoxy groups -OCH3 is 3. The molecule has 0 unspecified atom stereocenters. The number of nitrogens with zero attached hydrogens (tertiary/aromatic N) is 11. The van der Waals surface area contributed by atoms with E-state index in [0.717, 1.165) is 17.7 Å². The third kappa shape index (κ3) is 26.9. The van der Waals surface area contributed by atoms with Gasteiger partial charge in [0.15, 0.2) is 11.4 Å². The number of nitriles is 1. The van der Waals surface area contributed by atoms with E-state index in [1.54, 1.807) is 171 Å². The number of halogens is 10. The van der Waals surface area contributed by atoms with Crippen molar-refractivity contribution >= 4 is 96.7 Å². The standard InChI is InChI=1S/C34H36F4N4O5.C31H30Cl2N6O3S.C28H26F4N4O3/c1-33(2,3)47-32(45)39-17-7-18-41(30(43)21-22-10-15-26(27(35)20-22)34(36,37)38)19-16-29-40-28-9-6-5-8-25(28)31(44)42(29)23-11-13-24(46-4)14-12-23;1-42-23-11-9-22(10-12-23)39-28(37-27-7-4-3-6-24(27)30(39)41)14-17-38(16-5-15-35-31(43-2)36-20-34)29(40)19-21-8-13-25(32)26(33)18-21;1-39-20-9-7-19(8-10-20)36-25(34-24-5-3-2-4-21(24)27(36)38)12-14-35(15-13-33)26(37)17-18-6-11-22(23(29)16-18)28(30,31)32/h5-6,8-15,20H,7,16-19,21H2,1-4H3,(H,39,45);3-4,6-13,18H,5,14-17,19H2,1-2H3,(H,35,36);2-11,16H,12-15,17,33H2,1H3. The van der Waals surface area contributed by atoms with Crippen molar-refractivity contribution in [1.29, 1.82) is 5.26 Å². The molecule has 0 spiro atoms. The average molecular weight is 1840 g/mol. The minimum atomic E-state index is -4.87. The van der Waals surface area contributed by atoms with Crippen LogP contribution in [0.3, 0.4) is 0 Å². The minimum Gasteiger partial charge on any atom is -0.497 e. The van der Waals surface area contributed by atoms with Crippen LogP contribution in [0.15, 0.2) is 220 Å². The Morgan fingerprint density at radius 2 is 0.853 bits per heavy atom. The van der Waals surface area contributed by atoms with Gasteiger partial charge in [-0.25, -0.2) is 28.5 Å². The first-order valence-electron chi connectivity index (χ1n) is 40.5. The van der Waals surface area contributed by atoms with Crippen LogP contribution in [0.2, 0.25) is 10.0 Å². The summed E-state index contributed by atoms with van der Waals surface area (Å²) in [5.41, 5.74) is 5.62. The lowest BCUT2D eigenvalue weighted by Gasteiger charge is -2.24. The third-order valence-corrected chi connectivity index (χ3v) is 21.4. The molecule has 0 aliphatic rings. The number of fused-ring (bicyclic) bond motifs is 3. The fourth-order valence-corrected chi connectivity index (χ4v) is 14.4. The Morgan fingerprint density at radius 1 is 0.496 bits per heavy atom. The minimum absolute atomic E-state index is 0.0648. The highest BCUT2D eigenvalue weighted by Gasteiger charge is 2.36. The first-order valence-corrected chi connectivity index (χ1v) is 42.4. The van der Waals surface area contributed by atoms with E-state index in [2.05, 4.69) is 20.6 Å². The number of amidine groups is 1. The number of carbonyl (C=O) groups excluding carboxylic acids is 4. The summed E-state index contributed by atoms with van der Waals surface area (Å²) >= 11 is 13.6. The first kappa shape index (κ1) is 98.0. The molecule has 3 aromatic heterocycles. The van der Waals surface area contributed by atoms with Crippen molar-refractivity contribution in [3.05, 3.63) is 298 Å². The predicted molar refractivity (Wildman–Crippen MR) is 480 cm³/mol. The van der Waals surface area contributed by atoms with Crippen molar-refractivity contribution in [3.63, 3.8) is 0 Å². The Hall–Kier alpha value is -13.2. The van der Waals surface area contributed by atoms with E-state index < -0.39 is 58.6 Å². The number of ether oxygens (including phenoxy) is 4. The molecule has 0 atom stereocenters. The van der Waals surface area contributed by atoms with Gasteiger partial charge in [-0.3, -0.25) is 52.8 Å². The molecular formula is C93H92Cl2F8N14O11S. The molecule has 676 valence electrons. The maximum Gasteiger partial charge on any atom is 0.419 e. The summed E-state index contributed by atoms with van der Waals surface area (Å²) in [7, 11) is 4.64. The number of alkyl carbamates (subject to hydrolysis) is 1. The van der Waals surface area contributed by atoms with Crippen molar-refractivity contribution in [3.8, 4) is 40.5 Å². The van der Waals surface area contributed by atoms with Crippen LogP contribution in [0.4, 0.5) is 39.9 Å². The number of nitrogens with one attached hydrogen (secondary N) is 2. The molecule has 3 heterocycles. The number of aliphatic imine (C=N–C) groups is 1. The van der Waals surface area contributed by atoms with Gasteiger partial charge in [-0.1, -0.05) is 89.6 Å². The Bertz CT molecular complexity index is 6230. The van der Waals surface area contributed by atoms with Gasteiger partial charge < -0.3 is 44.7 Å². The largest absolute Gasteiger partial charge is 0.497 e. The number of hydrogen-bond acceptors (Lipinski definition) is 18. The van der Waals surface area contributed by atoms with Gasteiger partial charge >= 0.3 is 18.4 Å². The van der Waals surface area contributed by atoms with E-state index in [-0.39, 0.29) is 105 Å². The molecule has 4 N–H and O–H groups in total. The molecule has 0 aliphatic carbocycles. The lowest BCUT2D eigenvalue weighted by atomic mass is 10.1. The number of aromatic nitrogens is 6. The number of hydrogen-bond donors (Lipinski definition) is 3. The highest BCUT2D eigenvalue weighted by molar-refractivity contribution is 8.13. The second-order valence-corrected chi connectivity index (χ2v) is 31.6. The van der Waals surface area contributed by atoms with Gasteiger partial charge in [0.2, 0.25) is 17.7 Å². The molecular weight excluding hydrogens is 1740 g/mol. The fourth-order valence-electron chi connectivity index (χ4n) is 13.7. The quantitative estimate of drug-likeness (QED) is 0.00908. The van der Waals surface area contributed by atoms with E-state index in [4.69, 9.17) is 63.1 Å². The van der Waals surface area contributed by atoms with Gasteiger partial charge in [0, 0.05) is 78.2 Å². The number of para-hydroxylation sites is 3. The Kier molecular flexibility index (Phi) is 34.5. The SMILES string of the molecule is COc1ccc(-n2c(CCN(CCCN=C(NC#N)SC)C(=O)Cc3ccc(Cl)c(Cl)c3)nc3ccccc3c2=O)cc1.COc1ccc(-n2c(CCN(CCCNC(=O)OC(C)(C)C)C(=O)Cc3ccc(C(F)(F)F)c(F)c3)nc3ccccc3c2=O)cc1.COc1ccc(-n2c(CCN(CCN)C(=O)Cc3ccc(C(F)(F)F)c(F)c3)nc3ccccc3c2=O)cc1. The van der Waals surface area contributed by atoms with Crippen molar-refractivity contribution < 1.29 is 73.2 Å². The highest BCUT2D eigenvalue weighted by Crippen LogP contribution is 2.34. The molecule has 0 saturated carbocycles. The van der Waals surface area contributed by atoms with Gasteiger partial charge in [-0.15, -0.1) is 0 Å². The topological polar surface area (TPSA) is 306 Å². The van der Waals surface area contributed by atoms with Gasteiger partial charge in [-0.2, -0.15) is 31.6 Å². The zero-order valence-corrected chi connectivity index (χ0v) is 73.6. The first-order chi connectivity index (χ1) is 61.6. The molecule has 12 rings (SSSR count). The number of benzene rings is 9. The number of amides is 4. The van der Waals surface area contributed by atoms with E-state index in [9.17, 15) is 68.7 Å². The summed E-state index contributed by atoms with van der Waals surface area (Å²) < 4.78 is 132. The molecule has 129 heavy (non-hydrogen) atoms. The number of rotatable bonds is 31. The number of alkyl halides is 6. The summed E-state index contributed by atoms with van der Waals surface area (Å²) in [6.07, 6.45) is -5.67. The molecule has 25 nitrogen and oxygen atoms in total. The second kappa shape index (κ2) is 45.5. The average Bonchev–Trinajstić information content (AvgIpc) is 0.779. The van der Waals surface area contributed by atoms with Crippen molar-refractivity contribution in [2.24, 2.45) is 10.7 Å². The highest BCUT2D eigenvalue weighted by atomic mass is 35.5. The van der Waals surface area contributed by atoms with Crippen LogP contribution in [0, 0.1) is 23.1 Å². The molecule has 0 bridgehead atoms. The molecule has 9 aromatic carbocycles. The number of carbonyl (C=O) groups is 4. The Morgan fingerprint density at radius 3 is 1.19 bits per heavy atom. The zero-order chi connectivity index (χ0) is 93.3. The van der Waals surface area contributed by atoms with Crippen LogP contribution >= 0.6 is 35.0 Å². The molecule has 36 heteroatoms. The van der Waals surface area contributed by atoms with Crippen LogP contribution < -0.4 is 47.3 Å². The normalized spacial score (nSPS) is 11.5. The maximum absolute atomic E-state index is 14.3. The van der Waals surface area contributed by atoms with Crippen molar-refractivity contribution in [2.45, 2.75) is 90.1 Å². The number of nitrogens with two attached hydrogens (primary N) is 1. The van der Waals surface area contributed by atoms with E-state index in [1.807, 2.05) is 42.8 Å². The molecule has 4 amide bonds. The Balaban J connectivity index is 0.000000202. The summed E-state index contributed by atoms with van der Waals surface area (Å²) in [5, 5.41) is 16.7. The third-order valence-electron chi connectivity index (χ3n) is 20.0. The van der Waals surface area contributed by atoms with Gasteiger partial charge in [0.05, 0.1) is 112 Å². The van der Waals surface area contributed by atoms with Crippen LogP contribution in [0.1, 0.15) is 78.9 Å². The monoisotopic (exact) mass is 1830 g/mol. The van der Waals surface area contributed by atoms with Crippen LogP contribution in [-0.4, -0.2) is 164 Å².